The van der Waals surface area contributed by atoms with E-state index in [1.807, 2.05) is 0 Å². The fraction of sp³-hybridized carbons (Fsp3) is 0.857. The lowest BCUT2D eigenvalue weighted by atomic mass is 10.1. The molecule has 5 nitrogen and oxygen atoms in total. The predicted octanol–water partition coefficient (Wildman–Crippen LogP) is -1.32. The summed E-state index contributed by atoms with van der Waals surface area (Å²) in [6, 6.07) is 0. The van der Waals surface area contributed by atoms with Crippen molar-refractivity contribution in [2.75, 3.05) is 33.1 Å². The quantitative estimate of drug-likeness (QED) is 0.556. The fourth-order valence-electron chi connectivity index (χ4n) is 0.979. The van der Waals surface area contributed by atoms with Crippen LogP contribution in [0.2, 0.25) is 0 Å². The van der Waals surface area contributed by atoms with Crippen molar-refractivity contribution in [3.05, 3.63) is 0 Å². The van der Waals surface area contributed by atoms with Gasteiger partial charge in [-0.25, -0.2) is 0 Å². The number of nitrogens with two attached hydrogens (primary N) is 1. The Morgan fingerprint density at radius 1 is 1.50 bits per heavy atom. The van der Waals surface area contributed by atoms with Crippen molar-refractivity contribution >= 4 is 5.91 Å². The third kappa shape index (κ3) is 2.77. The molecule has 0 aromatic heterocycles. The molecule has 0 spiro atoms. The largest absolute Gasteiger partial charge is 0.355 e. The summed E-state index contributed by atoms with van der Waals surface area (Å²) >= 11 is 0. The summed E-state index contributed by atoms with van der Waals surface area (Å²) in [5.41, 5.74) is 5.23. The first kappa shape index (κ1) is 9.44. The van der Waals surface area contributed by atoms with Crippen LogP contribution in [0.3, 0.4) is 0 Å². The Kier molecular flexibility index (Phi) is 3.99. The van der Waals surface area contributed by atoms with Crippen molar-refractivity contribution in [3.63, 3.8) is 0 Å². The average molecular weight is 174 g/mol. The van der Waals surface area contributed by atoms with E-state index in [1.54, 1.807) is 0 Å². The minimum Gasteiger partial charge on any atom is -0.355 e. The molecule has 1 aliphatic rings. The molecular weight excluding hydrogens is 160 g/mol. The van der Waals surface area contributed by atoms with Crippen molar-refractivity contribution in [2.24, 2.45) is 11.7 Å². The van der Waals surface area contributed by atoms with Crippen molar-refractivity contribution in [3.8, 4) is 0 Å². The minimum atomic E-state index is -0.176. The molecule has 70 valence electrons. The Balaban J connectivity index is 2.20. The Morgan fingerprint density at radius 2 is 2.17 bits per heavy atom. The molecule has 0 radical (unpaired) electrons. The zero-order valence-electron chi connectivity index (χ0n) is 6.91. The maximum absolute atomic E-state index is 11.2. The number of hydrogen-bond donors (Lipinski definition) is 2. The summed E-state index contributed by atoms with van der Waals surface area (Å²) in [5.74, 6) is -0.217. The normalized spacial score (nSPS) is 19.1. The van der Waals surface area contributed by atoms with Crippen LogP contribution in [0.25, 0.3) is 0 Å². The van der Waals surface area contributed by atoms with Gasteiger partial charge >= 0.3 is 0 Å². The molecule has 1 amide bonds. The highest BCUT2D eigenvalue weighted by Gasteiger charge is 2.21. The minimum absolute atomic E-state index is 0.0415. The van der Waals surface area contributed by atoms with Crippen LogP contribution < -0.4 is 11.1 Å². The van der Waals surface area contributed by atoms with Crippen LogP contribution in [0.4, 0.5) is 0 Å². The highest BCUT2D eigenvalue weighted by atomic mass is 16.7. The van der Waals surface area contributed by atoms with Crippen LogP contribution in [-0.4, -0.2) is 39.0 Å². The third-order valence-electron chi connectivity index (χ3n) is 1.62. The van der Waals surface area contributed by atoms with Gasteiger partial charge in [0.2, 0.25) is 5.91 Å². The van der Waals surface area contributed by atoms with Gasteiger partial charge in [-0.05, 0) is 0 Å². The Hall–Kier alpha value is -0.650. The van der Waals surface area contributed by atoms with Crippen LogP contribution in [0.15, 0.2) is 0 Å². The van der Waals surface area contributed by atoms with E-state index in [0.29, 0.717) is 33.1 Å². The van der Waals surface area contributed by atoms with Crippen LogP contribution in [0, 0.1) is 5.92 Å². The van der Waals surface area contributed by atoms with Crippen LogP contribution in [0.5, 0.6) is 0 Å². The Bertz CT molecular complexity index is 146. The first-order valence-electron chi connectivity index (χ1n) is 3.98. The monoisotopic (exact) mass is 174 g/mol. The number of carbonyl (C=O) groups excluding carboxylic acids is 1. The topological polar surface area (TPSA) is 73.6 Å². The maximum atomic E-state index is 11.2. The average Bonchev–Trinajstić information content (AvgIpc) is 2.15. The number of hydrogen-bond acceptors (Lipinski definition) is 4. The summed E-state index contributed by atoms with van der Waals surface area (Å²) in [6.45, 7) is 2.14. The first-order valence-corrected chi connectivity index (χ1v) is 3.98. The third-order valence-corrected chi connectivity index (χ3v) is 1.62. The maximum Gasteiger partial charge on any atom is 0.227 e. The lowest BCUT2D eigenvalue weighted by molar-refractivity contribution is -0.151. The second-order valence-corrected chi connectivity index (χ2v) is 2.64. The number of ether oxygens (including phenoxy) is 2. The number of carbonyl (C=O) groups is 1. The van der Waals surface area contributed by atoms with E-state index in [9.17, 15) is 4.79 Å². The molecule has 0 aliphatic carbocycles. The second-order valence-electron chi connectivity index (χ2n) is 2.64. The molecule has 0 unspecified atom stereocenters. The van der Waals surface area contributed by atoms with E-state index in [1.165, 1.54) is 0 Å². The van der Waals surface area contributed by atoms with E-state index in [-0.39, 0.29) is 11.8 Å². The molecule has 0 saturated carbocycles. The van der Waals surface area contributed by atoms with Gasteiger partial charge in [0.25, 0.3) is 0 Å². The first-order chi connectivity index (χ1) is 5.84. The zero-order chi connectivity index (χ0) is 8.81. The SMILES string of the molecule is NCCNC(=O)C1COCOC1. The molecule has 1 heterocycles. The smallest absolute Gasteiger partial charge is 0.227 e. The number of nitrogens with one attached hydrogen (secondary N) is 1. The van der Waals surface area contributed by atoms with E-state index in [0.717, 1.165) is 0 Å². The number of rotatable bonds is 3. The molecule has 1 rings (SSSR count). The standard InChI is InChI=1S/C7H14N2O3/c8-1-2-9-7(10)6-3-11-5-12-4-6/h6H,1-5,8H2,(H,9,10). The summed E-state index contributed by atoms with van der Waals surface area (Å²) in [6.07, 6.45) is 0. The summed E-state index contributed by atoms with van der Waals surface area (Å²) < 4.78 is 9.94. The van der Waals surface area contributed by atoms with E-state index >= 15 is 0 Å². The van der Waals surface area contributed by atoms with E-state index in [4.69, 9.17) is 15.2 Å². The Morgan fingerprint density at radius 3 is 2.75 bits per heavy atom. The van der Waals surface area contributed by atoms with Gasteiger partial charge in [0.15, 0.2) is 0 Å². The van der Waals surface area contributed by atoms with E-state index < -0.39 is 0 Å². The molecular formula is C7H14N2O3. The van der Waals surface area contributed by atoms with Gasteiger partial charge in [-0.2, -0.15) is 0 Å². The summed E-state index contributed by atoms with van der Waals surface area (Å²) in [5, 5.41) is 2.68. The van der Waals surface area contributed by atoms with Crippen molar-refractivity contribution in [1.29, 1.82) is 0 Å². The molecule has 1 aliphatic heterocycles. The highest BCUT2D eigenvalue weighted by molar-refractivity contribution is 5.78. The van der Waals surface area contributed by atoms with Crippen LogP contribution in [-0.2, 0) is 14.3 Å². The van der Waals surface area contributed by atoms with Gasteiger partial charge in [-0.1, -0.05) is 0 Å². The fourth-order valence-corrected chi connectivity index (χ4v) is 0.979. The molecule has 1 fully saturated rings. The predicted molar refractivity (Wildman–Crippen MR) is 42.3 cm³/mol. The summed E-state index contributed by atoms with van der Waals surface area (Å²) in [4.78, 5) is 11.2. The van der Waals surface area contributed by atoms with Crippen molar-refractivity contribution < 1.29 is 14.3 Å². The number of amides is 1. The van der Waals surface area contributed by atoms with Gasteiger partial charge in [0.05, 0.1) is 19.1 Å². The van der Waals surface area contributed by atoms with Crippen LogP contribution >= 0.6 is 0 Å². The molecule has 0 aromatic rings. The molecule has 12 heavy (non-hydrogen) atoms. The van der Waals surface area contributed by atoms with Crippen molar-refractivity contribution in [1.82, 2.24) is 5.32 Å². The molecule has 0 bridgehead atoms. The molecule has 0 atom stereocenters. The Labute approximate surface area is 71.2 Å². The van der Waals surface area contributed by atoms with Gasteiger partial charge < -0.3 is 20.5 Å². The van der Waals surface area contributed by atoms with Crippen molar-refractivity contribution in [2.45, 2.75) is 0 Å². The molecule has 1 saturated heterocycles. The van der Waals surface area contributed by atoms with Gasteiger partial charge in [-0.15, -0.1) is 0 Å². The lowest BCUT2D eigenvalue weighted by Crippen LogP contribution is -2.40. The van der Waals surface area contributed by atoms with Crippen LogP contribution in [0.1, 0.15) is 0 Å². The molecule has 5 heteroatoms. The van der Waals surface area contributed by atoms with Gasteiger partial charge in [0.1, 0.15) is 6.79 Å². The van der Waals surface area contributed by atoms with Gasteiger partial charge in [-0.3, -0.25) is 4.79 Å². The zero-order valence-corrected chi connectivity index (χ0v) is 6.91. The van der Waals surface area contributed by atoms with E-state index in [2.05, 4.69) is 5.32 Å². The highest BCUT2D eigenvalue weighted by Crippen LogP contribution is 2.04. The molecule has 3 N–H and O–H groups in total. The second kappa shape index (κ2) is 5.08. The summed E-state index contributed by atoms with van der Waals surface area (Å²) in [7, 11) is 0. The lowest BCUT2D eigenvalue weighted by Gasteiger charge is -2.21. The molecule has 0 aromatic carbocycles. The van der Waals surface area contributed by atoms with Gasteiger partial charge in [0, 0.05) is 13.1 Å².